The maximum atomic E-state index is 11.7. The third kappa shape index (κ3) is 6.35. The molecule has 0 unspecified atom stereocenters. The van der Waals surface area contributed by atoms with Crippen LogP contribution in [0.4, 0.5) is 0 Å². The van der Waals surface area contributed by atoms with Crippen molar-refractivity contribution in [2.75, 3.05) is 26.3 Å². The van der Waals surface area contributed by atoms with Gasteiger partial charge >= 0.3 is 23.9 Å². The number of hydrogen-bond donors (Lipinski definition) is 4. The molecule has 1 aromatic carbocycles. The van der Waals surface area contributed by atoms with Gasteiger partial charge in [-0.15, -0.1) is 0 Å². The van der Waals surface area contributed by atoms with E-state index in [9.17, 15) is 29.4 Å². The molecule has 2 rings (SSSR count). The minimum atomic E-state index is -1.94. The van der Waals surface area contributed by atoms with Gasteiger partial charge in [0.15, 0.2) is 0 Å². The predicted octanol–water partition coefficient (Wildman–Crippen LogP) is 0.0150. The van der Waals surface area contributed by atoms with Crippen LogP contribution in [0.25, 0.3) is 0 Å². The number of nitrogens with zero attached hydrogens (tertiary/aromatic N) is 1. The second-order valence-corrected chi connectivity index (χ2v) is 5.70. The first-order chi connectivity index (χ1) is 12.7. The number of benzene rings is 1. The number of carbonyl (C=O) groups is 4. The molecule has 0 aliphatic carbocycles. The van der Waals surface area contributed by atoms with Crippen LogP contribution in [0.1, 0.15) is 12.0 Å². The summed E-state index contributed by atoms with van der Waals surface area (Å²) in [6, 6.07) is 8.82. The normalized spacial score (nSPS) is 14.5. The molecule has 1 aliphatic heterocycles. The zero-order chi connectivity index (χ0) is 20.4. The molecule has 0 saturated carbocycles. The lowest BCUT2D eigenvalue weighted by Crippen LogP contribution is -2.64. The number of rotatable bonds is 7. The van der Waals surface area contributed by atoms with E-state index in [2.05, 4.69) is 0 Å². The van der Waals surface area contributed by atoms with Crippen LogP contribution in [0.5, 0.6) is 0 Å². The van der Waals surface area contributed by atoms with E-state index in [1.165, 1.54) is 4.90 Å². The molecule has 1 fully saturated rings. The first kappa shape index (κ1) is 22.1. The Morgan fingerprint density at radius 1 is 0.889 bits per heavy atom. The average Bonchev–Trinajstić information content (AvgIpc) is 2.60. The van der Waals surface area contributed by atoms with Crippen LogP contribution in [-0.4, -0.2) is 81.0 Å². The van der Waals surface area contributed by atoms with Gasteiger partial charge in [-0.1, -0.05) is 30.3 Å². The lowest BCUT2D eigenvalue weighted by atomic mass is 9.88. The maximum absolute atomic E-state index is 11.7. The van der Waals surface area contributed by atoms with E-state index in [-0.39, 0.29) is 6.42 Å². The van der Waals surface area contributed by atoms with Gasteiger partial charge in [0.25, 0.3) is 0 Å². The monoisotopic (exact) mass is 383 g/mol. The van der Waals surface area contributed by atoms with Gasteiger partial charge in [0, 0.05) is 19.5 Å². The van der Waals surface area contributed by atoms with Crippen LogP contribution in [0, 0.1) is 0 Å². The Bertz CT molecular complexity index is 642. The second kappa shape index (κ2) is 10.2. The lowest BCUT2D eigenvalue weighted by molar-refractivity contribution is -0.171. The van der Waals surface area contributed by atoms with E-state index in [1.807, 2.05) is 0 Å². The molecule has 0 bridgehead atoms. The number of aliphatic carboxylic acids is 4. The highest BCUT2D eigenvalue weighted by atomic mass is 16.5. The summed E-state index contributed by atoms with van der Waals surface area (Å²) in [5.41, 5.74) is -1.26. The van der Waals surface area contributed by atoms with Gasteiger partial charge in [0.05, 0.1) is 13.2 Å². The van der Waals surface area contributed by atoms with E-state index < -0.39 is 35.8 Å². The summed E-state index contributed by atoms with van der Waals surface area (Å²) < 4.78 is 5.18. The standard InChI is InChI=1S/C14H17NO5.C3H4O4/c16-12(17)14(13(18)19,15-6-8-20-9-7-15)10-11-4-2-1-3-5-11;4-2(5)1-3(6)7/h1-5H,6-10H2,(H,16,17)(H,18,19);1H2,(H,4,5)(H,6,7). The first-order valence-electron chi connectivity index (χ1n) is 7.97. The van der Waals surface area contributed by atoms with Crippen LogP contribution in [0.15, 0.2) is 30.3 Å². The van der Waals surface area contributed by atoms with Gasteiger partial charge in [-0.3, -0.25) is 14.5 Å². The summed E-state index contributed by atoms with van der Waals surface area (Å²) >= 11 is 0. The summed E-state index contributed by atoms with van der Waals surface area (Å²) in [6.45, 7) is 1.28. The van der Waals surface area contributed by atoms with Crippen molar-refractivity contribution in [3.05, 3.63) is 35.9 Å². The summed E-state index contributed by atoms with van der Waals surface area (Å²) in [6.07, 6.45) is -0.876. The van der Waals surface area contributed by atoms with E-state index >= 15 is 0 Å². The Labute approximate surface area is 154 Å². The lowest BCUT2D eigenvalue weighted by Gasteiger charge is -2.39. The zero-order valence-corrected chi connectivity index (χ0v) is 14.4. The average molecular weight is 383 g/mol. The third-order valence-corrected chi connectivity index (χ3v) is 3.86. The highest BCUT2D eigenvalue weighted by molar-refractivity contribution is 6.03. The minimum absolute atomic E-state index is 0.0709. The van der Waals surface area contributed by atoms with Crippen molar-refractivity contribution in [3.63, 3.8) is 0 Å². The van der Waals surface area contributed by atoms with E-state index in [4.69, 9.17) is 14.9 Å². The molecule has 0 atom stereocenters. The van der Waals surface area contributed by atoms with Gasteiger partial charge in [0.1, 0.15) is 6.42 Å². The third-order valence-electron chi connectivity index (χ3n) is 3.86. The van der Waals surface area contributed by atoms with Crippen molar-refractivity contribution >= 4 is 23.9 Å². The molecule has 10 heteroatoms. The molecule has 0 amide bonds. The smallest absolute Gasteiger partial charge is 0.336 e. The number of hydrogen-bond acceptors (Lipinski definition) is 6. The zero-order valence-electron chi connectivity index (χ0n) is 14.4. The molecular weight excluding hydrogens is 362 g/mol. The quantitative estimate of drug-likeness (QED) is 0.472. The van der Waals surface area contributed by atoms with Gasteiger partial charge in [-0.25, -0.2) is 9.59 Å². The summed E-state index contributed by atoms with van der Waals surface area (Å²) in [7, 11) is 0. The van der Waals surface area contributed by atoms with Gasteiger partial charge < -0.3 is 25.2 Å². The van der Waals surface area contributed by atoms with Gasteiger partial charge in [-0.05, 0) is 5.56 Å². The Morgan fingerprint density at radius 2 is 1.37 bits per heavy atom. The molecule has 1 heterocycles. The Balaban J connectivity index is 0.000000445. The van der Waals surface area contributed by atoms with Crippen LogP contribution in [0.2, 0.25) is 0 Å². The predicted molar refractivity (Wildman–Crippen MR) is 90.4 cm³/mol. The van der Waals surface area contributed by atoms with Crippen molar-refractivity contribution in [3.8, 4) is 0 Å². The molecule has 1 aliphatic rings. The van der Waals surface area contributed by atoms with Crippen molar-refractivity contribution in [1.82, 2.24) is 4.90 Å². The maximum Gasteiger partial charge on any atom is 0.336 e. The van der Waals surface area contributed by atoms with Gasteiger partial charge in [0.2, 0.25) is 5.54 Å². The number of carboxylic acids is 4. The first-order valence-corrected chi connectivity index (χ1v) is 7.97. The van der Waals surface area contributed by atoms with Crippen molar-refractivity contribution in [2.45, 2.75) is 18.4 Å². The largest absolute Gasteiger partial charge is 0.481 e. The molecule has 148 valence electrons. The molecular formula is C17H21NO9. The molecule has 27 heavy (non-hydrogen) atoms. The highest BCUT2D eigenvalue weighted by Gasteiger charge is 2.52. The van der Waals surface area contributed by atoms with Gasteiger partial charge in [-0.2, -0.15) is 0 Å². The van der Waals surface area contributed by atoms with Crippen LogP contribution in [0.3, 0.4) is 0 Å². The van der Waals surface area contributed by atoms with Crippen molar-refractivity contribution < 1.29 is 44.3 Å². The fraction of sp³-hybridized carbons (Fsp3) is 0.412. The fourth-order valence-corrected chi connectivity index (χ4v) is 2.59. The molecule has 0 aromatic heterocycles. The second-order valence-electron chi connectivity index (χ2n) is 5.70. The topological polar surface area (TPSA) is 162 Å². The number of morpholine rings is 1. The van der Waals surface area contributed by atoms with Crippen LogP contribution in [-0.2, 0) is 30.3 Å². The highest BCUT2D eigenvalue weighted by Crippen LogP contribution is 2.24. The fourth-order valence-electron chi connectivity index (χ4n) is 2.59. The van der Waals surface area contributed by atoms with Crippen LogP contribution >= 0.6 is 0 Å². The summed E-state index contributed by atoms with van der Waals surface area (Å²) in [4.78, 5) is 43.7. The Kier molecular flexibility index (Phi) is 8.36. The summed E-state index contributed by atoms with van der Waals surface area (Å²) in [5.74, 6) is -5.30. The van der Waals surface area contributed by atoms with E-state index in [0.717, 1.165) is 0 Å². The van der Waals surface area contributed by atoms with Crippen molar-refractivity contribution in [2.24, 2.45) is 0 Å². The molecule has 0 spiro atoms. The molecule has 1 aromatic rings. The van der Waals surface area contributed by atoms with Crippen LogP contribution < -0.4 is 0 Å². The molecule has 10 nitrogen and oxygen atoms in total. The van der Waals surface area contributed by atoms with E-state index in [1.54, 1.807) is 30.3 Å². The van der Waals surface area contributed by atoms with E-state index in [0.29, 0.717) is 31.9 Å². The summed E-state index contributed by atoms with van der Waals surface area (Å²) in [5, 5.41) is 34.5. The molecule has 1 saturated heterocycles. The Hall–Kier alpha value is -2.98. The minimum Gasteiger partial charge on any atom is -0.481 e. The number of carboxylic acid groups (broad SMARTS) is 4. The molecule has 0 radical (unpaired) electrons. The SMILES string of the molecule is O=C(O)C(Cc1ccccc1)(C(=O)O)N1CCOCC1.O=C(O)CC(=O)O. The Morgan fingerprint density at radius 3 is 1.74 bits per heavy atom. The van der Waals surface area contributed by atoms with Crippen molar-refractivity contribution in [1.29, 1.82) is 0 Å². The number of ether oxygens (including phenoxy) is 1. The molecule has 4 N–H and O–H groups in total.